The molecule has 2 rings (SSSR count). The maximum atomic E-state index is 12.1. The van der Waals surface area contributed by atoms with Gasteiger partial charge in [-0.2, -0.15) is 8.42 Å². The highest BCUT2D eigenvalue weighted by Gasteiger charge is 2.20. The van der Waals surface area contributed by atoms with Gasteiger partial charge in [-0.1, -0.05) is 11.6 Å². The summed E-state index contributed by atoms with van der Waals surface area (Å²) < 4.78 is 28.0. The molecule has 0 radical (unpaired) electrons. The Labute approximate surface area is 115 Å². The fourth-order valence-electron chi connectivity index (χ4n) is 1.44. The molecule has 0 aliphatic carbocycles. The molecule has 0 fully saturated rings. The highest BCUT2D eigenvalue weighted by atomic mass is 35.5. The molecule has 0 bridgehead atoms. The van der Waals surface area contributed by atoms with Crippen LogP contribution in [-0.4, -0.2) is 23.1 Å². The van der Waals surface area contributed by atoms with Crippen molar-refractivity contribution in [3.05, 3.63) is 35.2 Å². The van der Waals surface area contributed by atoms with Crippen LogP contribution in [0.2, 0.25) is 5.02 Å². The van der Waals surface area contributed by atoms with E-state index in [-0.39, 0.29) is 16.5 Å². The fraction of sp³-hybridized carbons (Fsp3) is 0.182. The van der Waals surface area contributed by atoms with E-state index in [1.165, 1.54) is 24.4 Å². The van der Waals surface area contributed by atoms with E-state index in [0.29, 0.717) is 10.8 Å². The van der Waals surface area contributed by atoms with Crippen molar-refractivity contribution >= 4 is 27.3 Å². The molecule has 0 aliphatic heterocycles. The number of hydrogen-bond donors (Lipinski definition) is 2. The Balaban J connectivity index is 2.39. The first kappa shape index (κ1) is 13.7. The van der Waals surface area contributed by atoms with Gasteiger partial charge in [0.1, 0.15) is 11.6 Å². The van der Waals surface area contributed by atoms with Gasteiger partial charge in [0.25, 0.3) is 10.0 Å². The largest absolute Gasteiger partial charge is 0.506 e. The molecule has 2 aromatic rings. The molecule has 6 nitrogen and oxygen atoms in total. The van der Waals surface area contributed by atoms with E-state index in [4.69, 9.17) is 11.6 Å². The van der Waals surface area contributed by atoms with Gasteiger partial charge in [0.2, 0.25) is 0 Å². The summed E-state index contributed by atoms with van der Waals surface area (Å²) in [7, 11) is -2.16. The molecule has 0 atom stereocenters. The summed E-state index contributed by atoms with van der Waals surface area (Å²) in [5.74, 6) is 0.358. The number of sulfonamides is 1. The molecular weight excluding hydrogens is 290 g/mol. The summed E-state index contributed by atoms with van der Waals surface area (Å²) in [6, 6.07) is 4.09. The number of hydrogen-bond acceptors (Lipinski definition) is 4. The summed E-state index contributed by atoms with van der Waals surface area (Å²) in [6.45, 7) is 1.69. The van der Waals surface area contributed by atoms with Crippen LogP contribution in [0.3, 0.4) is 0 Å². The van der Waals surface area contributed by atoms with Crippen LogP contribution in [0.1, 0.15) is 5.82 Å². The highest BCUT2D eigenvalue weighted by Crippen LogP contribution is 2.28. The number of aromatic hydroxyl groups is 1. The number of rotatable bonds is 3. The zero-order valence-corrected chi connectivity index (χ0v) is 11.8. The van der Waals surface area contributed by atoms with E-state index >= 15 is 0 Å². The minimum absolute atomic E-state index is 0.0100. The SMILES string of the molecule is Cc1nc(S(=O)(=O)Nc2cc(Cl)ccc2O)cn1C. The van der Waals surface area contributed by atoms with Crippen LogP contribution in [0.4, 0.5) is 5.69 Å². The first-order valence-electron chi connectivity index (χ1n) is 5.31. The second-order valence-electron chi connectivity index (χ2n) is 4.00. The van der Waals surface area contributed by atoms with Crippen LogP contribution in [0, 0.1) is 6.92 Å². The lowest BCUT2D eigenvalue weighted by Crippen LogP contribution is -2.13. The quantitative estimate of drug-likeness (QED) is 0.848. The minimum Gasteiger partial charge on any atom is -0.506 e. The topological polar surface area (TPSA) is 84.2 Å². The van der Waals surface area contributed by atoms with Crippen molar-refractivity contribution < 1.29 is 13.5 Å². The number of nitrogens with one attached hydrogen (secondary N) is 1. The lowest BCUT2D eigenvalue weighted by atomic mass is 10.3. The van der Waals surface area contributed by atoms with Gasteiger partial charge in [-0.3, -0.25) is 4.72 Å². The highest BCUT2D eigenvalue weighted by molar-refractivity contribution is 7.92. The van der Waals surface area contributed by atoms with Crippen molar-refractivity contribution in [2.45, 2.75) is 11.9 Å². The first-order valence-corrected chi connectivity index (χ1v) is 7.17. The van der Waals surface area contributed by atoms with Gasteiger partial charge in [0, 0.05) is 18.3 Å². The number of anilines is 1. The number of imidazole rings is 1. The van der Waals surface area contributed by atoms with Gasteiger partial charge < -0.3 is 9.67 Å². The summed E-state index contributed by atoms with van der Waals surface area (Å²) >= 11 is 5.76. The molecule has 102 valence electrons. The van der Waals surface area contributed by atoms with Crippen LogP contribution in [0.5, 0.6) is 5.75 Å². The van der Waals surface area contributed by atoms with Gasteiger partial charge in [0.05, 0.1) is 5.69 Å². The third kappa shape index (κ3) is 2.82. The van der Waals surface area contributed by atoms with Gasteiger partial charge in [-0.15, -0.1) is 0 Å². The molecule has 0 amide bonds. The first-order chi connectivity index (χ1) is 8.79. The van der Waals surface area contributed by atoms with Gasteiger partial charge in [0.15, 0.2) is 5.03 Å². The molecule has 0 saturated heterocycles. The second-order valence-corrected chi connectivity index (χ2v) is 6.07. The Morgan fingerprint density at radius 3 is 2.68 bits per heavy atom. The number of halogens is 1. The van der Waals surface area contributed by atoms with Crippen molar-refractivity contribution in [1.29, 1.82) is 0 Å². The summed E-state index contributed by atoms with van der Waals surface area (Å²) in [4.78, 5) is 3.93. The Morgan fingerprint density at radius 2 is 2.11 bits per heavy atom. The Kier molecular flexibility index (Phi) is 3.42. The van der Waals surface area contributed by atoms with Crippen LogP contribution < -0.4 is 4.72 Å². The van der Waals surface area contributed by atoms with E-state index in [2.05, 4.69) is 9.71 Å². The standard InChI is InChI=1S/C11H12ClN3O3S/c1-7-13-11(6-15(7)2)19(17,18)14-9-5-8(12)3-4-10(9)16/h3-6,14,16H,1-2H3. The van der Waals surface area contributed by atoms with Gasteiger partial charge in [-0.05, 0) is 25.1 Å². The number of phenolic OH excluding ortho intramolecular Hbond substituents is 1. The van der Waals surface area contributed by atoms with E-state index in [1.54, 1.807) is 18.5 Å². The summed E-state index contributed by atoms with van der Waals surface area (Å²) in [6.07, 6.45) is 1.39. The van der Waals surface area contributed by atoms with E-state index in [0.717, 1.165) is 0 Å². The monoisotopic (exact) mass is 301 g/mol. The molecule has 1 heterocycles. The van der Waals surface area contributed by atoms with Crippen LogP contribution in [0.25, 0.3) is 0 Å². The Morgan fingerprint density at radius 1 is 1.42 bits per heavy atom. The van der Waals surface area contributed by atoms with Gasteiger partial charge in [-0.25, -0.2) is 4.98 Å². The molecule has 0 aliphatic rings. The average molecular weight is 302 g/mol. The Hall–Kier alpha value is -1.73. The summed E-state index contributed by atoms with van der Waals surface area (Å²) in [5.41, 5.74) is 0.0100. The van der Waals surface area contributed by atoms with Crippen molar-refractivity contribution in [2.24, 2.45) is 7.05 Å². The number of phenols is 1. The molecule has 0 unspecified atom stereocenters. The summed E-state index contributed by atoms with van der Waals surface area (Å²) in [5, 5.41) is 9.79. The zero-order valence-electron chi connectivity index (χ0n) is 10.3. The third-order valence-electron chi connectivity index (χ3n) is 2.56. The Bertz CT molecular complexity index is 705. The fourth-order valence-corrected chi connectivity index (χ4v) is 2.72. The number of aryl methyl sites for hydroxylation is 2. The average Bonchev–Trinajstić information content (AvgIpc) is 2.65. The molecule has 0 saturated carbocycles. The molecule has 0 spiro atoms. The minimum atomic E-state index is -3.85. The number of benzene rings is 1. The maximum absolute atomic E-state index is 12.1. The molecular formula is C11H12ClN3O3S. The maximum Gasteiger partial charge on any atom is 0.281 e. The van der Waals surface area contributed by atoms with Crippen molar-refractivity contribution in [3.8, 4) is 5.75 Å². The van der Waals surface area contributed by atoms with Crippen LogP contribution in [-0.2, 0) is 17.1 Å². The molecule has 1 aromatic heterocycles. The van der Waals surface area contributed by atoms with Gasteiger partial charge >= 0.3 is 0 Å². The zero-order chi connectivity index (χ0) is 14.2. The number of aromatic nitrogens is 2. The predicted molar refractivity (Wildman–Crippen MR) is 71.9 cm³/mol. The smallest absolute Gasteiger partial charge is 0.281 e. The molecule has 1 aromatic carbocycles. The van der Waals surface area contributed by atoms with E-state index in [9.17, 15) is 13.5 Å². The predicted octanol–water partition coefficient (Wildman–Crippen LogP) is 1.89. The van der Waals surface area contributed by atoms with Crippen LogP contribution >= 0.6 is 11.6 Å². The molecule has 2 N–H and O–H groups in total. The second kappa shape index (κ2) is 4.75. The lowest BCUT2D eigenvalue weighted by Gasteiger charge is -2.07. The lowest BCUT2D eigenvalue weighted by molar-refractivity contribution is 0.477. The van der Waals surface area contributed by atoms with E-state index in [1.807, 2.05) is 0 Å². The normalized spacial score (nSPS) is 11.5. The van der Waals surface area contributed by atoms with Crippen LogP contribution in [0.15, 0.2) is 29.4 Å². The molecule has 8 heteroatoms. The third-order valence-corrected chi connectivity index (χ3v) is 4.04. The molecule has 19 heavy (non-hydrogen) atoms. The van der Waals surface area contributed by atoms with Crippen molar-refractivity contribution in [2.75, 3.05) is 4.72 Å². The number of nitrogens with zero attached hydrogens (tertiary/aromatic N) is 2. The van der Waals surface area contributed by atoms with E-state index < -0.39 is 10.0 Å². The van der Waals surface area contributed by atoms with Crippen molar-refractivity contribution in [3.63, 3.8) is 0 Å². The van der Waals surface area contributed by atoms with Crippen molar-refractivity contribution in [1.82, 2.24) is 9.55 Å².